The van der Waals surface area contributed by atoms with Gasteiger partial charge in [-0.1, -0.05) is 111 Å². The van der Waals surface area contributed by atoms with E-state index in [1.54, 1.807) is 0 Å². The molecular formula is C38H29BN2O. The molecule has 0 unspecified atom stereocenters. The predicted molar refractivity (Wildman–Crippen MR) is 174 cm³/mol. The van der Waals surface area contributed by atoms with Crippen molar-refractivity contribution in [2.24, 2.45) is 0 Å². The molecule has 0 atom stereocenters. The lowest BCUT2D eigenvalue weighted by Crippen LogP contribution is -2.55. The van der Waals surface area contributed by atoms with E-state index < -0.39 is 0 Å². The van der Waals surface area contributed by atoms with Crippen LogP contribution in [0.25, 0.3) is 11.3 Å². The van der Waals surface area contributed by atoms with Crippen LogP contribution in [0.3, 0.4) is 0 Å². The summed E-state index contributed by atoms with van der Waals surface area (Å²) in [7, 11) is 0. The molecule has 3 nitrogen and oxygen atoms in total. The van der Waals surface area contributed by atoms with Crippen molar-refractivity contribution in [2.45, 2.75) is 19.3 Å². The summed E-state index contributed by atoms with van der Waals surface area (Å²) in [6.07, 6.45) is 1.91. The van der Waals surface area contributed by atoms with E-state index in [1.165, 1.54) is 22.5 Å². The number of para-hydroxylation sites is 5. The van der Waals surface area contributed by atoms with E-state index in [2.05, 4.69) is 140 Å². The molecule has 0 N–H and O–H groups in total. The molecule has 6 aromatic rings. The first-order valence-corrected chi connectivity index (χ1v) is 14.5. The van der Waals surface area contributed by atoms with E-state index in [-0.39, 0.29) is 12.1 Å². The molecule has 200 valence electrons. The van der Waals surface area contributed by atoms with Gasteiger partial charge in [0.25, 0.3) is 6.71 Å². The Kier molecular flexibility index (Phi) is 5.58. The zero-order valence-electron chi connectivity index (χ0n) is 23.7. The van der Waals surface area contributed by atoms with Gasteiger partial charge in [0.15, 0.2) is 0 Å². The highest BCUT2D eigenvalue weighted by Crippen LogP contribution is 2.52. The molecule has 5 aromatic carbocycles. The minimum absolute atomic E-state index is 0.0113. The second-order valence-corrected chi connectivity index (χ2v) is 11.6. The lowest BCUT2D eigenvalue weighted by atomic mass is 9.35. The average molecular weight is 540 g/mol. The van der Waals surface area contributed by atoms with E-state index in [0.29, 0.717) is 0 Å². The van der Waals surface area contributed by atoms with Crippen LogP contribution >= 0.6 is 0 Å². The molecule has 42 heavy (non-hydrogen) atoms. The summed E-state index contributed by atoms with van der Waals surface area (Å²) in [6, 6.07) is 47.3. The Morgan fingerprint density at radius 1 is 0.548 bits per heavy atom. The molecule has 0 bridgehead atoms. The van der Waals surface area contributed by atoms with Gasteiger partial charge in [-0.3, -0.25) is 4.98 Å². The van der Waals surface area contributed by atoms with Gasteiger partial charge in [0.1, 0.15) is 11.5 Å². The van der Waals surface area contributed by atoms with E-state index in [0.717, 1.165) is 44.8 Å². The van der Waals surface area contributed by atoms with Crippen molar-refractivity contribution in [1.29, 1.82) is 0 Å². The molecule has 1 aromatic heterocycles. The van der Waals surface area contributed by atoms with Crippen molar-refractivity contribution >= 4 is 40.2 Å². The highest BCUT2D eigenvalue weighted by atomic mass is 16.5. The molecular weight excluding hydrogens is 511 g/mol. The van der Waals surface area contributed by atoms with Crippen LogP contribution in [0.2, 0.25) is 0 Å². The molecule has 0 saturated heterocycles. The quantitative estimate of drug-likeness (QED) is 0.217. The Bertz CT molecular complexity index is 1890. The Morgan fingerprint density at radius 3 is 1.69 bits per heavy atom. The third-order valence-corrected chi connectivity index (χ3v) is 8.87. The van der Waals surface area contributed by atoms with Gasteiger partial charge in [0, 0.05) is 17.2 Å². The highest BCUT2D eigenvalue weighted by Gasteiger charge is 2.38. The minimum atomic E-state index is -0.121. The fourth-order valence-electron chi connectivity index (χ4n) is 6.92. The number of anilines is 3. The molecule has 0 amide bonds. The van der Waals surface area contributed by atoms with E-state index in [4.69, 9.17) is 9.72 Å². The molecule has 0 fully saturated rings. The third-order valence-electron chi connectivity index (χ3n) is 8.87. The standard InChI is InChI=1S/C38H29BN2O/c1-38(2)27-15-4-9-21-33(27)41(34-22-10-5-16-28(34)38)32-20-8-3-14-26(32)37-31(19-13-25-40-37)39-29-17-6-11-23-35(29)42-36-24-12-7-18-30(36)39/h3-25H,1-2H3. The van der Waals surface area contributed by atoms with Crippen LogP contribution in [0.1, 0.15) is 25.0 Å². The van der Waals surface area contributed by atoms with Crippen LogP contribution in [-0.2, 0) is 5.41 Å². The molecule has 0 spiro atoms. The Balaban J connectivity index is 1.38. The summed E-state index contributed by atoms with van der Waals surface area (Å²) in [5.74, 6) is 1.79. The number of benzene rings is 5. The van der Waals surface area contributed by atoms with Crippen LogP contribution in [0.4, 0.5) is 17.1 Å². The number of hydrogen-bond donors (Lipinski definition) is 0. The largest absolute Gasteiger partial charge is 0.458 e. The average Bonchev–Trinajstić information content (AvgIpc) is 3.04. The molecule has 2 aliphatic rings. The van der Waals surface area contributed by atoms with Crippen LogP contribution in [0, 0.1) is 0 Å². The van der Waals surface area contributed by atoms with Crippen molar-refractivity contribution < 1.29 is 4.74 Å². The summed E-state index contributed by atoms with van der Waals surface area (Å²) in [5, 5.41) is 0. The van der Waals surface area contributed by atoms with Gasteiger partial charge in [0.05, 0.1) is 22.8 Å². The number of nitrogens with zero attached hydrogens (tertiary/aromatic N) is 2. The fourth-order valence-corrected chi connectivity index (χ4v) is 6.92. The normalized spacial score (nSPS) is 14.2. The predicted octanol–water partition coefficient (Wildman–Crippen LogP) is 7.48. The summed E-state index contributed by atoms with van der Waals surface area (Å²) in [6.45, 7) is 4.64. The molecule has 2 aliphatic heterocycles. The summed E-state index contributed by atoms with van der Waals surface area (Å²) in [4.78, 5) is 7.52. The first-order chi connectivity index (χ1) is 20.6. The molecule has 0 radical (unpaired) electrons. The highest BCUT2D eigenvalue weighted by molar-refractivity contribution is 6.97. The second-order valence-electron chi connectivity index (χ2n) is 11.6. The lowest BCUT2D eigenvalue weighted by Gasteiger charge is -2.42. The van der Waals surface area contributed by atoms with Gasteiger partial charge in [-0.15, -0.1) is 0 Å². The van der Waals surface area contributed by atoms with Gasteiger partial charge < -0.3 is 9.64 Å². The third kappa shape index (κ3) is 3.65. The number of pyridine rings is 1. The molecule has 3 heterocycles. The van der Waals surface area contributed by atoms with Crippen LogP contribution in [-0.4, -0.2) is 11.7 Å². The zero-order chi connectivity index (χ0) is 28.3. The number of rotatable bonds is 3. The van der Waals surface area contributed by atoms with Crippen molar-refractivity contribution in [3.8, 4) is 22.8 Å². The van der Waals surface area contributed by atoms with Gasteiger partial charge >= 0.3 is 0 Å². The Hall–Kier alpha value is -5.09. The summed E-state index contributed by atoms with van der Waals surface area (Å²) < 4.78 is 6.36. The first kappa shape index (κ1) is 24.7. The number of ether oxygens (including phenoxy) is 1. The maximum absolute atomic E-state index is 6.36. The van der Waals surface area contributed by atoms with Gasteiger partial charge in [0.2, 0.25) is 0 Å². The monoisotopic (exact) mass is 540 g/mol. The number of fused-ring (bicyclic) bond motifs is 4. The lowest BCUT2D eigenvalue weighted by molar-refractivity contribution is 0.487. The van der Waals surface area contributed by atoms with Crippen molar-refractivity contribution in [3.05, 3.63) is 151 Å². The van der Waals surface area contributed by atoms with E-state index in [1.807, 2.05) is 18.3 Å². The van der Waals surface area contributed by atoms with Crippen molar-refractivity contribution in [1.82, 2.24) is 4.98 Å². The van der Waals surface area contributed by atoms with Gasteiger partial charge in [-0.2, -0.15) is 0 Å². The first-order valence-electron chi connectivity index (χ1n) is 14.5. The zero-order valence-corrected chi connectivity index (χ0v) is 23.7. The molecule has 4 heteroatoms. The van der Waals surface area contributed by atoms with E-state index in [9.17, 15) is 0 Å². The van der Waals surface area contributed by atoms with Crippen molar-refractivity contribution in [2.75, 3.05) is 4.90 Å². The SMILES string of the molecule is CC1(C)c2ccccc2N(c2ccccc2-c2ncccc2B2c3ccccc3Oc3ccccc32)c2ccccc21. The summed E-state index contributed by atoms with van der Waals surface area (Å²) >= 11 is 0. The second kappa shape index (κ2) is 9.49. The Morgan fingerprint density at radius 2 is 1.05 bits per heavy atom. The number of hydrogen-bond acceptors (Lipinski definition) is 3. The van der Waals surface area contributed by atoms with Crippen LogP contribution < -0.4 is 26.0 Å². The van der Waals surface area contributed by atoms with Crippen molar-refractivity contribution in [3.63, 3.8) is 0 Å². The fraction of sp³-hybridized carbons (Fsp3) is 0.0789. The van der Waals surface area contributed by atoms with Crippen LogP contribution in [0.15, 0.2) is 140 Å². The smallest absolute Gasteiger partial charge is 0.253 e. The van der Waals surface area contributed by atoms with E-state index >= 15 is 0 Å². The molecule has 8 rings (SSSR count). The topological polar surface area (TPSA) is 25.4 Å². The number of aromatic nitrogens is 1. The molecule has 0 aliphatic carbocycles. The van der Waals surface area contributed by atoms with Gasteiger partial charge in [-0.25, -0.2) is 0 Å². The minimum Gasteiger partial charge on any atom is -0.458 e. The maximum Gasteiger partial charge on any atom is 0.253 e. The molecule has 0 saturated carbocycles. The van der Waals surface area contributed by atoms with Gasteiger partial charge in [-0.05, 0) is 63.9 Å². The summed E-state index contributed by atoms with van der Waals surface area (Å²) in [5.41, 5.74) is 11.6. The van der Waals surface area contributed by atoms with Crippen LogP contribution in [0.5, 0.6) is 11.5 Å². The Labute approximate surface area is 247 Å². The maximum atomic E-state index is 6.36.